The van der Waals surface area contributed by atoms with Crippen molar-refractivity contribution < 1.29 is 23.8 Å². The van der Waals surface area contributed by atoms with E-state index in [1.165, 1.54) is 0 Å². The van der Waals surface area contributed by atoms with Crippen LogP contribution < -0.4 is 5.73 Å². The molecule has 180 valence electrons. The average molecular weight is 475 g/mol. The fraction of sp³-hybridized carbons (Fsp3) is 0.308. The van der Waals surface area contributed by atoms with Crippen LogP contribution >= 0.6 is 0 Å². The average Bonchev–Trinajstić information content (AvgIpc) is 3.50. The molecule has 5 rings (SSSR count). The predicted molar refractivity (Wildman–Crippen MR) is 131 cm³/mol. The van der Waals surface area contributed by atoms with Gasteiger partial charge in [-0.1, -0.05) is 19.1 Å². The van der Waals surface area contributed by atoms with Crippen molar-refractivity contribution in [2.24, 2.45) is 0 Å². The molecule has 1 unspecified atom stereocenters. The predicted octanol–water partition coefficient (Wildman–Crippen LogP) is 4.06. The Balaban J connectivity index is 1.57. The summed E-state index contributed by atoms with van der Waals surface area (Å²) in [6.45, 7) is 3.11. The molecule has 0 amide bonds. The summed E-state index contributed by atoms with van der Waals surface area (Å²) in [5.41, 5.74) is 9.80. The fourth-order valence-electron chi connectivity index (χ4n) is 4.17. The van der Waals surface area contributed by atoms with Crippen LogP contribution in [0.4, 0.5) is 5.82 Å². The van der Waals surface area contributed by atoms with Crippen molar-refractivity contribution in [1.82, 2.24) is 14.5 Å². The van der Waals surface area contributed by atoms with Crippen molar-refractivity contribution in [3.8, 4) is 5.69 Å². The summed E-state index contributed by atoms with van der Waals surface area (Å²) >= 11 is 0. The number of aromatic nitrogens is 3. The van der Waals surface area contributed by atoms with Crippen LogP contribution in [0.5, 0.6) is 0 Å². The second kappa shape index (κ2) is 9.71. The third-order valence-electron chi connectivity index (χ3n) is 5.92. The Morgan fingerprint density at radius 2 is 1.80 bits per heavy atom. The summed E-state index contributed by atoms with van der Waals surface area (Å²) in [6, 6.07) is 14.2. The van der Waals surface area contributed by atoms with Gasteiger partial charge >= 0.3 is 11.9 Å². The molecule has 2 aromatic heterocycles. The van der Waals surface area contributed by atoms with E-state index >= 15 is 0 Å². The molecule has 2 aromatic carbocycles. The SMILES string of the molecule is CCCOC(=O)c1ccc(-n2c(N)c(C(=O)OCC3CCCO3)c3nc4ccccc4nc32)cc1. The number of benzene rings is 2. The molecule has 9 heteroatoms. The van der Waals surface area contributed by atoms with E-state index in [0.717, 1.165) is 19.3 Å². The first-order chi connectivity index (χ1) is 17.1. The van der Waals surface area contributed by atoms with Crippen molar-refractivity contribution in [2.45, 2.75) is 32.3 Å². The number of esters is 2. The maximum Gasteiger partial charge on any atom is 0.344 e. The van der Waals surface area contributed by atoms with E-state index in [1.54, 1.807) is 28.8 Å². The lowest BCUT2D eigenvalue weighted by Gasteiger charge is -2.11. The summed E-state index contributed by atoms with van der Waals surface area (Å²) in [5, 5.41) is 0. The van der Waals surface area contributed by atoms with E-state index in [1.807, 2.05) is 31.2 Å². The van der Waals surface area contributed by atoms with E-state index in [0.29, 0.717) is 46.7 Å². The summed E-state index contributed by atoms with van der Waals surface area (Å²) in [5.74, 6) is -0.812. The summed E-state index contributed by atoms with van der Waals surface area (Å²) in [6.07, 6.45) is 2.43. The van der Waals surface area contributed by atoms with Crippen molar-refractivity contribution in [3.63, 3.8) is 0 Å². The van der Waals surface area contributed by atoms with Crippen LogP contribution in [0.2, 0.25) is 0 Å². The summed E-state index contributed by atoms with van der Waals surface area (Å²) < 4.78 is 18.0. The molecule has 35 heavy (non-hydrogen) atoms. The quantitative estimate of drug-likeness (QED) is 0.398. The molecule has 1 aliphatic heterocycles. The molecule has 0 bridgehead atoms. The molecule has 0 spiro atoms. The lowest BCUT2D eigenvalue weighted by molar-refractivity contribution is 0.0163. The van der Waals surface area contributed by atoms with E-state index < -0.39 is 11.9 Å². The topological polar surface area (TPSA) is 119 Å². The van der Waals surface area contributed by atoms with Gasteiger partial charge in [0, 0.05) is 12.3 Å². The number of anilines is 1. The number of hydrogen-bond acceptors (Lipinski definition) is 8. The van der Waals surface area contributed by atoms with Gasteiger partial charge in [0.05, 0.1) is 29.3 Å². The highest BCUT2D eigenvalue weighted by atomic mass is 16.6. The first-order valence-electron chi connectivity index (χ1n) is 11.7. The molecule has 1 atom stereocenters. The van der Waals surface area contributed by atoms with E-state index in [-0.39, 0.29) is 24.1 Å². The number of para-hydroxylation sites is 2. The highest BCUT2D eigenvalue weighted by Crippen LogP contribution is 2.32. The molecule has 0 radical (unpaired) electrons. The second-order valence-corrected chi connectivity index (χ2v) is 8.40. The Labute approximate surface area is 201 Å². The fourth-order valence-corrected chi connectivity index (χ4v) is 4.17. The van der Waals surface area contributed by atoms with Crippen LogP contribution in [-0.4, -0.2) is 52.4 Å². The van der Waals surface area contributed by atoms with E-state index in [4.69, 9.17) is 29.9 Å². The van der Waals surface area contributed by atoms with Gasteiger partial charge in [0.15, 0.2) is 5.65 Å². The Bertz CT molecular complexity index is 1390. The zero-order chi connectivity index (χ0) is 24.4. The highest BCUT2D eigenvalue weighted by Gasteiger charge is 2.27. The second-order valence-electron chi connectivity index (χ2n) is 8.40. The van der Waals surface area contributed by atoms with Gasteiger partial charge in [-0.2, -0.15) is 0 Å². The molecule has 0 aliphatic carbocycles. The molecule has 0 saturated carbocycles. The maximum atomic E-state index is 13.2. The van der Waals surface area contributed by atoms with E-state index in [2.05, 4.69) is 0 Å². The monoisotopic (exact) mass is 474 g/mol. The highest BCUT2D eigenvalue weighted by molar-refractivity contribution is 6.09. The smallest absolute Gasteiger partial charge is 0.344 e. The van der Waals surface area contributed by atoms with Crippen molar-refractivity contribution >= 4 is 40.0 Å². The number of nitrogen functional groups attached to an aromatic ring is 1. The molecular weight excluding hydrogens is 448 g/mol. The Kier molecular flexibility index (Phi) is 6.33. The molecule has 1 saturated heterocycles. The number of fused-ring (bicyclic) bond motifs is 2. The molecule has 1 fully saturated rings. The maximum absolute atomic E-state index is 13.2. The Morgan fingerprint density at radius 1 is 1.06 bits per heavy atom. The summed E-state index contributed by atoms with van der Waals surface area (Å²) in [4.78, 5) is 34.8. The third-order valence-corrected chi connectivity index (χ3v) is 5.92. The lowest BCUT2D eigenvalue weighted by Crippen LogP contribution is -2.18. The minimum absolute atomic E-state index is 0.111. The van der Waals surface area contributed by atoms with Gasteiger partial charge in [-0.25, -0.2) is 19.6 Å². The zero-order valence-corrected chi connectivity index (χ0v) is 19.4. The number of carbonyl (C=O) groups is 2. The lowest BCUT2D eigenvalue weighted by atomic mass is 10.2. The number of rotatable bonds is 7. The number of carbonyl (C=O) groups excluding carboxylic acids is 2. The molecule has 2 N–H and O–H groups in total. The molecule has 1 aliphatic rings. The van der Waals surface area contributed by atoms with Gasteiger partial charge in [0.2, 0.25) is 0 Å². The van der Waals surface area contributed by atoms with Crippen molar-refractivity contribution in [1.29, 1.82) is 0 Å². The minimum Gasteiger partial charge on any atom is -0.462 e. The molecular formula is C26H26N4O5. The number of nitrogens with two attached hydrogens (primary N) is 1. The Morgan fingerprint density at radius 3 is 2.49 bits per heavy atom. The van der Waals surface area contributed by atoms with Crippen molar-refractivity contribution in [3.05, 3.63) is 59.7 Å². The van der Waals surface area contributed by atoms with E-state index in [9.17, 15) is 9.59 Å². The summed E-state index contributed by atoms with van der Waals surface area (Å²) in [7, 11) is 0. The number of nitrogens with zero attached hydrogens (tertiary/aromatic N) is 3. The van der Waals surface area contributed by atoms with Crippen LogP contribution in [0, 0.1) is 0 Å². The largest absolute Gasteiger partial charge is 0.462 e. The molecule has 9 nitrogen and oxygen atoms in total. The van der Waals surface area contributed by atoms with Crippen LogP contribution in [0.3, 0.4) is 0 Å². The standard InChI is InChI=1S/C26H26N4O5/c1-2-13-34-25(31)16-9-11-17(12-10-16)30-23(27)21(26(32)35-15-18-6-5-14-33-18)22-24(30)29-20-8-4-3-7-19(20)28-22/h3-4,7-12,18H,2,5-6,13-15,27H2,1H3. The normalized spacial score (nSPS) is 15.5. The van der Waals surface area contributed by atoms with Gasteiger partial charge in [0.25, 0.3) is 0 Å². The van der Waals surface area contributed by atoms with Gasteiger partial charge < -0.3 is 19.9 Å². The first-order valence-corrected chi connectivity index (χ1v) is 11.7. The number of hydrogen-bond donors (Lipinski definition) is 1. The van der Waals surface area contributed by atoms with Gasteiger partial charge in [0.1, 0.15) is 23.5 Å². The van der Waals surface area contributed by atoms with Crippen molar-refractivity contribution in [2.75, 3.05) is 25.6 Å². The first kappa shape index (κ1) is 22.8. The number of ether oxygens (including phenoxy) is 3. The van der Waals surface area contributed by atoms with Crippen LogP contribution in [0.15, 0.2) is 48.5 Å². The van der Waals surface area contributed by atoms with Crippen LogP contribution in [0.1, 0.15) is 46.9 Å². The van der Waals surface area contributed by atoms with Gasteiger partial charge in [-0.3, -0.25) is 4.57 Å². The Hall–Kier alpha value is -3.98. The van der Waals surface area contributed by atoms with Gasteiger partial charge in [-0.15, -0.1) is 0 Å². The van der Waals surface area contributed by atoms with Gasteiger partial charge in [-0.05, 0) is 55.7 Å². The third kappa shape index (κ3) is 4.42. The van der Waals surface area contributed by atoms with Crippen LogP contribution in [-0.2, 0) is 14.2 Å². The minimum atomic E-state index is -0.578. The van der Waals surface area contributed by atoms with Crippen LogP contribution in [0.25, 0.3) is 27.9 Å². The molecule has 3 heterocycles. The zero-order valence-electron chi connectivity index (χ0n) is 19.4. The molecule has 4 aromatic rings.